The summed E-state index contributed by atoms with van der Waals surface area (Å²) in [5, 5.41) is 9.39. The summed E-state index contributed by atoms with van der Waals surface area (Å²) in [6.07, 6.45) is 0.226. The topological polar surface area (TPSA) is 59.0 Å². The number of aliphatic hydroxyl groups is 1. The predicted molar refractivity (Wildman–Crippen MR) is 75.5 cm³/mol. The highest BCUT2D eigenvalue weighted by atomic mass is 35.5. The van der Waals surface area contributed by atoms with E-state index in [9.17, 15) is 4.79 Å². The van der Waals surface area contributed by atoms with E-state index in [1.165, 1.54) is 0 Å². The molecule has 0 saturated carbocycles. The van der Waals surface area contributed by atoms with Crippen molar-refractivity contribution in [2.24, 2.45) is 0 Å². The summed E-state index contributed by atoms with van der Waals surface area (Å²) in [5.74, 6) is 1.07. The van der Waals surface area contributed by atoms with Gasteiger partial charge in [0.25, 0.3) is 0 Å². The maximum atomic E-state index is 12.1. The van der Waals surface area contributed by atoms with Gasteiger partial charge in [0.05, 0.1) is 18.1 Å². The maximum absolute atomic E-state index is 12.1. The highest BCUT2D eigenvalue weighted by molar-refractivity contribution is 6.32. The molecule has 20 heavy (non-hydrogen) atoms. The van der Waals surface area contributed by atoms with Gasteiger partial charge in [-0.1, -0.05) is 11.6 Å². The summed E-state index contributed by atoms with van der Waals surface area (Å²) in [7, 11) is 0. The van der Waals surface area contributed by atoms with E-state index >= 15 is 0 Å². The largest absolute Gasteiger partial charge is 0.486 e. The van der Waals surface area contributed by atoms with E-state index in [0.29, 0.717) is 42.8 Å². The van der Waals surface area contributed by atoms with Crippen molar-refractivity contribution in [3.8, 4) is 11.5 Å². The van der Waals surface area contributed by atoms with Gasteiger partial charge in [-0.2, -0.15) is 0 Å². The Kier molecular flexibility index (Phi) is 5.09. The van der Waals surface area contributed by atoms with Crippen molar-refractivity contribution >= 4 is 17.5 Å². The van der Waals surface area contributed by atoms with Crippen LogP contribution in [0.3, 0.4) is 0 Å². The molecular weight excluding hydrogens is 282 g/mol. The van der Waals surface area contributed by atoms with Gasteiger partial charge in [-0.15, -0.1) is 0 Å². The molecule has 5 nitrogen and oxygen atoms in total. The van der Waals surface area contributed by atoms with Crippen molar-refractivity contribution < 1.29 is 19.4 Å². The monoisotopic (exact) mass is 299 g/mol. The highest BCUT2D eigenvalue weighted by Crippen LogP contribution is 2.38. The molecule has 0 aliphatic carbocycles. The molecule has 110 valence electrons. The lowest BCUT2D eigenvalue weighted by molar-refractivity contribution is -0.130. The van der Waals surface area contributed by atoms with Crippen molar-refractivity contribution in [3.63, 3.8) is 0 Å². The van der Waals surface area contributed by atoms with Crippen LogP contribution < -0.4 is 9.47 Å². The van der Waals surface area contributed by atoms with Crippen LogP contribution in [0, 0.1) is 0 Å². The third-order valence-electron chi connectivity index (χ3n) is 3.12. The molecule has 2 rings (SSSR count). The van der Waals surface area contributed by atoms with Crippen molar-refractivity contribution in [2.75, 3.05) is 32.9 Å². The first-order valence-electron chi connectivity index (χ1n) is 6.62. The van der Waals surface area contributed by atoms with Gasteiger partial charge in [-0.25, -0.2) is 0 Å². The fourth-order valence-electron chi connectivity index (χ4n) is 2.13. The number of benzene rings is 1. The Balaban J connectivity index is 2.13. The van der Waals surface area contributed by atoms with Gasteiger partial charge >= 0.3 is 0 Å². The number of carbonyl (C=O) groups excluding carboxylic acids is 1. The molecule has 1 aliphatic rings. The molecule has 0 unspecified atom stereocenters. The zero-order valence-corrected chi connectivity index (χ0v) is 12.2. The van der Waals surface area contributed by atoms with Gasteiger partial charge in [0, 0.05) is 13.1 Å². The Morgan fingerprint density at radius 3 is 2.85 bits per heavy atom. The lowest BCUT2D eigenvalue weighted by atomic mass is 10.1. The molecule has 1 aromatic carbocycles. The first kappa shape index (κ1) is 14.9. The number of fused-ring (bicyclic) bond motifs is 1. The molecule has 0 spiro atoms. The molecule has 0 radical (unpaired) electrons. The fraction of sp³-hybridized carbons (Fsp3) is 0.500. The third kappa shape index (κ3) is 3.35. The number of ether oxygens (including phenoxy) is 2. The number of nitrogens with zero attached hydrogens (tertiary/aromatic N) is 1. The summed E-state index contributed by atoms with van der Waals surface area (Å²) in [6, 6.07) is 3.50. The standard InChI is InChI=1S/C14H18ClNO4/c1-2-16(3-4-17)13(18)9-10-7-11(15)14-12(8-10)19-5-6-20-14/h7-8,17H,2-6,9H2,1H3. The molecule has 1 heterocycles. The Hall–Kier alpha value is -1.46. The molecule has 6 heteroatoms. The van der Waals surface area contributed by atoms with Crippen molar-refractivity contribution in [1.82, 2.24) is 4.90 Å². The van der Waals surface area contributed by atoms with E-state index in [4.69, 9.17) is 26.2 Å². The molecule has 0 aromatic heterocycles. The zero-order valence-electron chi connectivity index (χ0n) is 11.4. The number of halogens is 1. The van der Waals surface area contributed by atoms with Gasteiger partial charge in [0.1, 0.15) is 13.2 Å². The first-order valence-corrected chi connectivity index (χ1v) is 7.00. The van der Waals surface area contributed by atoms with E-state index in [1.807, 2.05) is 6.92 Å². The lowest BCUT2D eigenvalue weighted by Crippen LogP contribution is -2.34. The smallest absolute Gasteiger partial charge is 0.227 e. The number of carbonyl (C=O) groups is 1. The highest BCUT2D eigenvalue weighted by Gasteiger charge is 2.19. The molecule has 1 aromatic rings. The number of rotatable bonds is 5. The maximum Gasteiger partial charge on any atom is 0.227 e. The predicted octanol–water partition coefficient (Wildman–Crippen LogP) is 1.49. The molecule has 0 fully saturated rings. The second-order valence-electron chi connectivity index (χ2n) is 4.48. The molecule has 1 amide bonds. The van der Waals surface area contributed by atoms with Crippen molar-refractivity contribution in [3.05, 3.63) is 22.7 Å². The Labute approximate surface area is 123 Å². The molecule has 1 aliphatic heterocycles. The summed E-state index contributed by atoms with van der Waals surface area (Å²) >= 11 is 6.14. The van der Waals surface area contributed by atoms with Crippen LogP contribution in [0.15, 0.2) is 12.1 Å². The number of amides is 1. The quantitative estimate of drug-likeness (QED) is 0.895. The second kappa shape index (κ2) is 6.81. The van der Waals surface area contributed by atoms with Gasteiger partial charge < -0.3 is 19.5 Å². The second-order valence-corrected chi connectivity index (χ2v) is 4.88. The van der Waals surface area contributed by atoms with Crippen LogP contribution >= 0.6 is 11.6 Å². The molecule has 1 N–H and O–H groups in total. The first-order chi connectivity index (χ1) is 9.65. The Bertz CT molecular complexity index is 492. The van der Waals surface area contributed by atoms with Gasteiger partial charge in [0.15, 0.2) is 11.5 Å². The average Bonchev–Trinajstić information content (AvgIpc) is 2.44. The summed E-state index contributed by atoms with van der Waals surface area (Å²) < 4.78 is 10.9. The van der Waals surface area contributed by atoms with Gasteiger partial charge in [-0.3, -0.25) is 4.79 Å². The molecular formula is C14H18ClNO4. The lowest BCUT2D eigenvalue weighted by Gasteiger charge is -2.22. The van der Waals surface area contributed by atoms with Crippen LogP contribution in [-0.2, 0) is 11.2 Å². The van der Waals surface area contributed by atoms with Crippen LogP contribution in [0.1, 0.15) is 12.5 Å². The van der Waals surface area contributed by atoms with Crippen LogP contribution in [-0.4, -0.2) is 48.8 Å². The van der Waals surface area contributed by atoms with E-state index in [0.717, 1.165) is 5.56 Å². The number of hydrogen-bond donors (Lipinski definition) is 1. The summed E-state index contributed by atoms with van der Waals surface area (Å²) in [6.45, 7) is 3.70. The number of likely N-dealkylation sites (N-methyl/N-ethyl adjacent to an activating group) is 1. The SMILES string of the molecule is CCN(CCO)C(=O)Cc1cc(Cl)c2c(c1)OCCO2. The number of aliphatic hydroxyl groups excluding tert-OH is 1. The molecule has 0 atom stereocenters. The summed E-state index contributed by atoms with van der Waals surface area (Å²) in [5.41, 5.74) is 0.778. The number of hydrogen-bond acceptors (Lipinski definition) is 4. The fourth-order valence-corrected chi connectivity index (χ4v) is 2.42. The minimum absolute atomic E-state index is 0.0402. The minimum atomic E-state index is -0.0469. The van der Waals surface area contributed by atoms with Crippen molar-refractivity contribution in [2.45, 2.75) is 13.3 Å². The van der Waals surface area contributed by atoms with Crippen LogP contribution in [0.2, 0.25) is 5.02 Å². The third-order valence-corrected chi connectivity index (χ3v) is 3.40. The van der Waals surface area contributed by atoms with E-state index < -0.39 is 0 Å². The Morgan fingerprint density at radius 2 is 2.15 bits per heavy atom. The van der Waals surface area contributed by atoms with E-state index in [2.05, 4.69) is 0 Å². The summed E-state index contributed by atoms with van der Waals surface area (Å²) in [4.78, 5) is 13.7. The normalized spacial score (nSPS) is 13.2. The van der Waals surface area contributed by atoms with Gasteiger partial charge in [0.2, 0.25) is 5.91 Å². The van der Waals surface area contributed by atoms with Crippen LogP contribution in [0.4, 0.5) is 0 Å². The zero-order chi connectivity index (χ0) is 14.5. The molecule has 0 bridgehead atoms. The van der Waals surface area contributed by atoms with Crippen molar-refractivity contribution in [1.29, 1.82) is 0 Å². The van der Waals surface area contributed by atoms with Crippen LogP contribution in [0.25, 0.3) is 0 Å². The van der Waals surface area contributed by atoms with Gasteiger partial charge in [-0.05, 0) is 24.6 Å². The molecule has 0 saturated heterocycles. The van der Waals surface area contributed by atoms with Crippen LogP contribution in [0.5, 0.6) is 11.5 Å². The van der Waals surface area contributed by atoms with E-state index in [-0.39, 0.29) is 18.9 Å². The Morgan fingerprint density at radius 1 is 1.40 bits per heavy atom. The van der Waals surface area contributed by atoms with E-state index in [1.54, 1.807) is 17.0 Å². The minimum Gasteiger partial charge on any atom is -0.486 e. The average molecular weight is 300 g/mol.